The largest absolute Gasteiger partial charge is 0.508 e. The zero-order valence-corrected chi connectivity index (χ0v) is 23.8. The molecule has 2 aliphatic rings. The number of aryl methyl sites for hydroxylation is 5. The molecule has 196 valence electrons. The second kappa shape index (κ2) is 11.1. The van der Waals surface area contributed by atoms with Gasteiger partial charge in [0.05, 0.1) is 0 Å². The molecule has 0 saturated heterocycles. The molecule has 0 unspecified atom stereocenters. The van der Waals surface area contributed by atoms with Crippen LogP contribution in [0.15, 0.2) is 42.5 Å². The van der Waals surface area contributed by atoms with Crippen molar-refractivity contribution >= 4 is 0 Å². The Morgan fingerprint density at radius 1 is 0.541 bits per heavy atom. The lowest BCUT2D eigenvalue weighted by Gasteiger charge is -2.30. The Morgan fingerprint density at radius 2 is 1.00 bits per heavy atom. The molecule has 37 heavy (non-hydrogen) atoms. The number of phenolic OH excluding ortho intramolecular Hbond substituents is 1. The average molecular weight is 495 g/mol. The van der Waals surface area contributed by atoms with E-state index < -0.39 is 0 Å². The molecule has 5 rings (SSSR count). The highest BCUT2D eigenvalue weighted by atomic mass is 16.3. The van der Waals surface area contributed by atoms with Gasteiger partial charge >= 0.3 is 0 Å². The molecule has 2 aliphatic carbocycles. The molecule has 0 heterocycles. The van der Waals surface area contributed by atoms with Crippen molar-refractivity contribution in [1.29, 1.82) is 0 Å². The SMILES string of the molecule is Cc1ccc(C(c2cc(C3CCCCC3)c(C)cc2C)c2cc(C3CCCCC3)c(C)cc2C)cc1O. The van der Waals surface area contributed by atoms with Crippen molar-refractivity contribution in [2.45, 2.75) is 117 Å². The van der Waals surface area contributed by atoms with Gasteiger partial charge in [-0.3, -0.25) is 0 Å². The van der Waals surface area contributed by atoms with E-state index in [1.165, 1.54) is 103 Å². The van der Waals surface area contributed by atoms with E-state index in [2.05, 4.69) is 64.1 Å². The van der Waals surface area contributed by atoms with E-state index in [1.807, 2.05) is 13.0 Å². The van der Waals surface area contributed by atoms with Crippen LogP contribution in [0.5, 0.6) is 5.75 Å². The lowest BCUT2D eigenvalue weighted by molar-refractivity contribution is 0.441. The Balaban J connectivity index is 1.70. The van der Waals surface area contributed by atoms with Crippen LogP contribution in [0.3, 0.4) is 0 Å². The monoisotopic (exact) mass is 494 g/mol. The zero-order chi connectivity index (χ0) is 26.1. The molecule has 3 aromatic carbocycles. The molecule has 0 bridgehead atoms. The first kappa shape index (κ1) is 26.1. The van der Waals surface area contributed by atoms with E-state index in [-0.39, 0.29) is 5.92 Å². The first-order valence-corrected chi connectivity index (χ1v) is 14.8. The Labute approximate surface area is 225 Å². The van der Waals surface area contributed by atoms with Crippen LogP contribution in [0.2, 0.25) is 0 Å². The summed E-state index contributed by atoms with van der Waals surface area (Å²) in [5.74, 6) is 1.88. The van der Waals surface area contributed by atoms with Gasteiger partial charge in [0, 0.05) is 5.92 Å². The normalized spacial score (nSPS) is 17.5. The van der Waals surface area contributed by atoms with Crippen molar-refractivity contribution in [2.24, 2.45) is 0 Å². The van der Waals surface area contributed by atoms with Crippen molar-refractivity contribution in [3.05, 3.63) is 98.1 Å². The minimum absolute atomic E-state index is 0.123. The number of hydrogen-bond acceptors (Lipinski definition) is 1. The van der Waals surface area contributed by atoms with Crippen molar-refractivity contribution in [3.8, 4) is 5.75 Å². The summed E-state index contributed by atoms with van der Waals surface area (Å²) in [6, 6.07) is 16.4. The van der Waals surface area contributed by atoms with Gasteiger partial charge in [-0.15, -0.1) is 0 Å². The molecule has 0 radical (unpaired) electrons. The highest BCUT2D eigenvalue weighted by Crippen LogP contribution is 2.44. The quantitative estimate of drug-likeness (QED) is 0.350. The van der Waals surface area contributed by atoms with Gasteiger partial charge in [-0.05, 0) is 134 Å². The highest BCUT2D eigenvalue weighted by Gasteiger charge is 2.27. The van der Waals surface area contributed by atoms with Crippen LogP contribution in [0.25, 0.3) is 0 Å². The molecule has 2 fully saturated rings. The molecular weight excluding hydrogens is 448 g/mol. The van der Waals surface area contributed by atoms with Gasteiger partial charge in [0.1, 0.15) is 5.75 Å². The van der Waals surface area contributed by atoms with Crippen LogP contribution in [-0.4, -0.2) is 5.11 Å². The molecule has 0 aromatic heterocycles. The van der Waals surface area contributed by atoms with E-state index in [0.717, 1.165) is 5.56 Å². The Hall–Kier alpha value is -2.54. The molecule has 0 aliphatic heterocycles. The van der Waals surface area contributed by atoms with E-state index in [0.29, 0.717) is 17.6 Å². The lowest BCUT2D eigenvalue weighted by Crippen LogP contribution is -2.13. The summed E-state index contributed by atoms with van der Waals surface area (Å²) in [7, 11) is 0. The molecule has 0 amide bonds. The van der Waals surface area contributed by atoms with Crippen molar-refractivity contribution in [1.82, 2.24) is 0 Å². The van der Waals surface area contributed by atoms with E-state index in [4.69, 9.17) is 0 Å². The maximum absolute atomic E-state index is 10.8. The van der Waals surface area contributed by atoms with Gasteiger partial charge < -0.3 is 5.11 Å². The fourth-order valence-electron chi connectivity index (χ4n) is 7.43. The minimum atomic E-state index is 0.123. The van der Waals surface area contributed by atoms with Gasteiger partial charge in [0.2, 0.25) is 0 Å². The summed E-state index contributed by atoms with van der Waals surface area (Å²) < 4.78 is 0. The average Bonchev–Trinajstić information content (AvgIpc) is 2.89. The predicted octanol–water partition coefficient (Wildman–Crippen LogP) is 10.2. The first-order valence-electron chi connectivity index (χ1n) is 14.8. The molecular formula is C36H46O. The second-order valence-corrected chi connectivity index (χ2v) is 12.3. The summed E-state index contributed by atoms with van der Waals surface area (Å²) in [5, 5.41) is 10.8. The Kier molecular flexibility index (Phi) is 7.80. The number of hydrogen-bond donors (Lipinski definition) is 1. The summed E-state index contributed by atoms with van der Waals surface area (Å²) >= 11 is 0. The molecule has 1 N–H and O–H groups in total. The third-order valence-corrected chi connectivity index (χ3v) is 9.59. The summed E-state index contributed by atoms with van der Waals surface area (Å²) in [4.78, 5) is 0. The van der Waals surface area contributed by atoms with E-state index in [1.54, 1.807) is 11.1 Å². The van der Waals surface area contributed by atoms with Gasteiger partial charge in [-0.25, -0.2) is 0 Å². The van der Waals surface area contributed by atoms with E-state index in [9.17, 15) is 5.11 Å². The summed E-state index contributed by atoms with van der Waals surface area (Å²) in [5.41, 5.74) is 13.7. The minimum Gasteiger partial charge on any atom is -0.508 e. The van der Waals surface area contributed by atoms with Crippen LogP contribution >= 0.6 is 0 Å². The van der Waals surface area contributed by atoms with Crippen LogP contribution in [0.4, 0.5) is 0 Å². The summed E-state index contributed by atoms with van der Waals surface area (Å²) in [6.07, 6.45) is 13.4. The second-order valence-electron chi connectivity index (χ2n) is 12.3. The third-order valence-electron chi connectivity index (χ3n) is 9.59. The van der Waals surface area contributed by atoms with Crippen molar-refractivity contribution in [2.75, 3.05) is 0 Å². The van der Waals surface area contributed by atoms with Crippen LogP contribution in [-0.2, 0) is 0 Å². The lowest BCUT2D eigenvalue weighted by atomic mass is 9.74. The molecule has 0 spiro atoms. The maximum Gasteiger partial charge on any atom is 0.118 e. The zero-order valence-electron chi connectivity index (χ0n) is 23.8. The molecule has 3 aromatic rings. The maximum atomic E-state index is 10.8. The molecule has 2 saturated carbocycles. The summed E-state index contributed by atoms with van der Waals surface area (Å²) in [6.45, 7) is 11.2. The van der Waals surface area contributed by atoms with Crippen molar-refractivity contribution < 1.29 is 5.11 Å². The Bertz CT molecular complexity index is 1180. The fourth-order valence-corrected chi connectivity index (χ4v) is 7.43. The van der Waals surface area contributed by atoms with Gasteiger partial charge in [-0.2, -0.15) is 0 Å². The molecule has 0 atom stereocenters. The molecule has 1 nitrogen and oxygen atoms in total. The van der Waals surface area contributed by atoms with Crippen molar-refractivity contribution in [3.63, 3.8) is 0 Å². The first-order chi connectivity index (χ1) is 17.8. The third kappa shape index (κ3) is 5.38. The van der Waals surface area contributed by atoms with Crippen LogP contribution < -0.4 is 0 Å². The van der Waals surface area contributed by atoms with Gasteiger partial charge in [-0.1, -0.05) is 74.9 Å². The number of aromatic hydroxyl groups is 1. The number of phenols is 1. The molecule has 1 heteroatoms. The fraction of sp³-hybridized carbons (Fsp3) is 0.500. The van der Waals surface area contributed by atoms with Crippen LogP contribution in [0, 0.1) is 34.6 Å². The predicted molar refractivity (Wildman–Crippen MR) is 157 cm³/mol. The number of benzene rings is 3. The van der Waals surface area contributed by atoms with E-state index >= 15 is 0 Å². The highest BCUT2D eigenvalue weighted by molar-refractivity contribution is 5.55. The Morgan fingerprint density at radius 3 is 1.43 bits per heavy atom. The van der Waals surface area contributed by atoms with Gasteiger partial charge in [0.25, 0.3) is 0 Å². The van der Waals surface area contributed by atoms with Crippen LogP contribution in [0.1, 0.15) is 138 Å². The smallest absolute Gasteiger partial charge is 0.118 e. The van der Waals surface area contributed by atoms with Gasteiger partial charge in [0.15, 0.2) is 0 Å². The topological polar surface area (TPSA) is 20.2 Å². The standard InChI is InChI=1S/C36H46O/c1-23-16-17-30(20-35(23)37)36(33-21-31(24(2)18-26(33)4)28-12-8-6-9-13-28)34-22-32(25(3)19-27(34)5)29-14-10-7-11-15-29/h16-22,28-29,36-37H,6-15H2,1-5H3. The number of rotatable bonds is 5.